The Kier molecular flexibility index (Phi) is 3.38. The lowest BCUT2D eigenvalue weighted by Gasteiger charge is -2.23. The summed E-state index contributed by atoms with van der Waals surface area (Å²) in [5.41, 5.74) is 0.0491. The number of Topliss-reactive ketones (excluding diaryl/α,β-unsaturated/α-hetero) is 1. The van der Waals surface area contributed by atoms with Gasteiger partial charge in [-0.15, -0.1) is 0 Å². The summed E-state index contributed by atoms with van der Waals surface area (Å²) in [6.07, 6.45) is 1.13. The SMILES string of the molecule is COc1ccc(C2NCCCC2=O)c(F)c1F. The van der Waals surface area contributed by atoms with Gasteiger partial charge in [-0.05, 0) is 19.0 Å². The van der Waals surface area contributed by atoms with E-state index in [2.05, 4.69) is 10.1 Å². The van der Waals surface area contributed by atoms with Crippen LogP contribution in [-0.2, 0) is 4.79 Å². The van der Waals surface area contributed by atoms with Gasteiger partial charge in [-0.1, -0.05) is 6.07 Å². The third kappa shape index (κ3) is 2.15. The van der Waals surface area contributed by atoms with E-state index >= 15 is 0 Å². The van der Waals surface area contributed by atoms with Crippen LogP contribution < -0.4 is 10.1 Å². The molecular formula is C12H13F2NO2. The van der Waals surface area contributed by atoms with Gasteiger partial charge in [-0.25, -0.2) is 4.39 Å². The fraction of sp³-hybridized carbons (Fsp3) is 0.417. The summed E-state index contributed by atoms with van der Waals surface area (Å²) in [6.45, 7) is 0.628. The van der Waals surface area contributed by atoms with Gasteiger partial charge >= 0.3 is 0 Å². The average Bonchev–Trinajstić information content (AvgIpc) is 2.34. The van der Waals surface area contributed by atoms with E-state index in [4.69, 9.17) is 0 Å². The summed E-state index contributed by atoms with van der Waals surface area (Å²) >= 11 is 0. The summed E-state index contributed by atoms with van der Waals surface area (Å²) in [5, 5.41) is 2.89. The van der Waals surface area contributed by atoms with E-state index in [1.807, 2.05) is 0 Å². The van der Waals surface area contributed by atoms with Gasteiger partial charge in [0.1, 0.15) is 0 Å². The molecule has 0 spiro atoms. The molecule has 1 heterocycles. The number of methoxy groups -OCH3 is 1. The molecule has 92 valence electrons. The molecule has 0 aromatic heterocycles. The number of hydrogen-bond donors (Lipinski definition) is 1. The molecule has 0 radical (unpaired) electrons. The predicted octanol–water partition coefficient (Wildman–Crippen LogP) is 1.97. The molecule has 0 bridgehead atoms. The van der Waals surface area contributed by atoms with Crippen molar-refractivity contribution in [1.29, 1.82) is 0 Å². The fourth-order valence-corrected chi connectivity index (χ4v) is 1.98. The van der Waals surface area contributed by atoms with Crippen molar-refractivity contribution in [2.24, 2.45) is 0 Å². The van der Waals surface area contributed by atoms with Crippen LogP contribution in [0.3, 0.4) is 0 Å². The minimum atomic E-state index is -1.05. The molecular weight excluding hydrogens is 228 g/mol. The summed E-state index contributed by atoms with van der Waals surface area (Å²) in [7, 11) is 1.27. The number of benzene rings is 1. The highest BCUT2D eigenvalue weighted by atomic mass is 19.2. The Morgan fingerprint density at radius 2 is 2.12 bits per heavy atom. The van der Waals surface area contributed by atoms with Gasteiger partial charge in [0.25, 0.3) is 0 Å². The number of nitrogens with one attached hydrogen (secondary N) is 1. The van der Waals surface area contributed by atoms with E-state index in [0.29, 0.717) is 13.0 Å². The molecule has 1 aliphatic heterocycles. The van der Waals surface area contributed by atoms with Gasteiger partial charge in [0.05, 0.1) is 13.2 Å². The predicted molar refractivity (Wildman–Crippen MR) is 57.9 cm³/mol. The van der Waals surface area contributed by atoms with E-state index in [1.165, 1.54) is 19.2 Å². The first-order chi connectivity index (χ1) is 8.15. The number of carbonyl (C=O) groups is 1. The minimum Gasteiger partial charge on any atom is -0.494 e. The van der Waals surface area contributed by atoms with Crippen LogP contribution in [0, 0.1) is 11.6 Å². The minimum absolute atomic E-state index is 0.0491. The Labute approximate surface area is 97.8 Å². The van der Waals surface area contributed by atoms with Crippen LogP contribution in [-0.4, -0.2) is 19.4 Å². The van der Waals surface area contributed by atoms with Crippen molar-refractivity contribution in [2.45, 2.75) is 18.9 Å². The second-order valence-electron chi connectivity index (χ2n) is 3.94. The molecule has 3 nitrogen and oxygen atoms in total. The molecule has 5 heteroatoms. The number of carbonyl (C=O) groups excluding carboxylic acids is 1. The standard InChI is InChI=1S/C12H13F2NO2/c1-17-9-5-4-7(10(13)11(9)14)12-8(16)3-2-6-15-12/h4-5,12,15H,2-3,6H2,1H3. The lowest BCUT2D eigenvalue weighted by atomic mass is 9.95. The van der Waals surface area contributed by atoms with Crippen LogP contribution in [0.4, 0.5) is 8.78 Å². The zero-order valence-electron chi connectivity index (χ0n) is 9.43. The zero-order chi connectivity index (χ0) is 12.4. The maximum Gasteiger partial charge on any atom is 0.200 e. The van der Waals surface area contributed by atoms with Gasteiger partial charge < -0.3 is 10.1 Å². The number of halogens is 2. The third-order valence-corrected chi connectivity index (χ3v) is 2.88. The molecule has 1 fully saturated rings. The van der Waals surface area contributed by atoms with Crippen LogP contribution >= 0.6 is 0 Å². The smallest absolute Gasteiger partial charge is 0.200 e. The normalized spacial score (nSPS) is 20.4. The van der Waals surface area contributed by atoms with E-state index in [-0.39, 0.29) is 17.1 Å². The molecule has 0 aliphatic carbocycles. The quantitative estimate of drug-likeness (QED) is 0.860. The molecule has 1 aliphatic rings. The lowest BCUT2D eigenvalue weighted by molar-refractivity contribution is -0.122. The van der Waals surface area contributed by atoms with Gasteiger partial charge in [0.2, 0.25) is 5.82 Å². The van der Waals surface area contributed by atoms with Gasteiger partial charge in [0, 0.05) is 12.0 Å². The summed E-state index contributed by atoms with van der Waals surface area (Å²) in [6, 6.07) is 1.97. The monoisotopic (exact) mass is 241 g/mol. The highest BCUT2D eigenvalue weighted by molar-refractivity contribution is 5.86. The average molecular weight is 241 g/mol. The molecule has 0 saturated carbocycles. The summed E-state index contributed by atoms with van der Waals surface area (Å²) in [4.78, 5) is 11.6. The second-order valence-corrected chi connectivity index (χ2v) is 3.94. The molecule has 0 amide bonds. The van der Waals surface area contributed by atoms with E-state index in [1.54, 1.807) is 0 Å². The first-order valence-electron chi connectivity index (χ1n) is 5.43. The Morgan fingerprint density at radius 1 is 1.35 bits per heavy atom. The summed E-state index contributed by atoms with van der Waals surface area (Å²) < 4.78 is 31.9. The van der Waals surface area contributed by atoms with Crippen molar-refractivity contribution in [2.75, 3.05) is 13.7 Å². The van der Waals surface area contributed by atoms with E-state index in [9.17, 15) is 13.6 Å². The molecule has 1 unspecified atom stereocenters. The number of piperidine rings is 1. The highest BCUT2D eigenvalue weighted by Gasteiger charge is 2.28. The van der Waals surface area contributed by atoms with Crippen molar-refractivity contribution < 1.29 is 18.3 Å². The van der Waals surface area contributed by atoms with Crippen molar-refractivity contribution >= 4 is 5.78 Å². The van der Waals surface area contributed by atoms with Crippen LogP contribution in [0.1, 0.15) is 24.4 Å². The van der Waals surface area contributed by atoms with Crippen molar-refractivity contribution in [3.8, 4) is 5.75 Å². The van der Waals surface area contributed by atoms with Gasteiger partial charge in [0.15, 0.2) is 17.3 Å². The number of hydrogen-bond acceptors (Lipinski definition) is 3. The molecule has 17 heavy (non-hydrogen) atoms. The Morgan fingerprint density at radius 3 is 2.76 bits per heavy atom. The van der Waals surface area contributed by atoms with E-state index in [0.717, 1.165) is 6.42 Å². The molecule has 1 atom stereocenters. The van der Waals surface area contributed by atoms with Crippen molar-refractivity contribution in [3.05, 3.63) is 29.3 Å². The van der Waals surface area contributed by atoms with Crippen LogP contribution in [0.25, 0.3) is 0 Å². The van der Waals surface area contributed by atoms with Gasteiger partial charge in [-0.3, -0.25) is 4.79 Å². The lowest BCUT2D eigenvalue weighted by Crippen LogP contribution is -2.35. The molecule has 1 aromatic rings. The molecule has 1 aromatic carbocycles. The van der Waals surface area contributed by atoms with Crippen LogP contribution in [0.2, 0.25) is 0 Å². The molecule has 1 saturated heterocycles. The zero-order valence-corrected chi connectivity index (χ0v) is 9.43. The van der Waals surface area contributed by atoms with Crippen LogP contribution in [0.15, 0.2) is 12.1 Å². The van der Waals surface area contributed by atoms with Crippen LogP contribution in [0.5, 0.6) is 5.75 Å². The number of ether oxygens (including phenoxy) is 1. The largest absolute Gasteiger partial charge is 0.494 e. The molecule has 2 rings (SSSR count). The first kappa shape index (κ1) is 12.0. The highest BCUT2D eigenvalue weighted by Crippen LogP contribution is 2.28. The Hall–Kier alpha value is -1.49. The second kappa shape index (κ2) is 4.79. The first-order valence-corrected chi connectivity index (χ1v) is 5.43. The van der Waals surface area contributed by atoms with Crippen molar-refractivity contribution in [1.82, 2.24) is 5.32 Å². The third-order valence-electron chi connectivity index (χ3n) is 2.88. The Balaban J connectivity index is 2.38. The maximum absolute atomic E-state index is 13.8. The summed E-state index contributed by atoms with van der Waals surface area (Å²) in [5.74, 6) is -2.34. The number of ketones is 1. The maximum atomic E-state index is 13.8. The number of rotatable bonds is 2. The topological polar surface area (TPSA) is 38.3 Å². The van der Waals surface area contributed by atoms with Gasteiger partial charge in [-0.2, -0.15) is 4.39 Å². The van der Waals surface area contributed by atoms with Crippen molar-refractivity contribution in [3.63, 3.8) is 0 Å². The Bertz CT molecular complexity index is 448. The fourth-order valence-electron chi connectivity index (χ4n) is 1.98. The molecule has 1 N–H and O–H groups in total. The van der Waals surface area contributed by atoms with E-state index < -0.39 is 17.7 Å².